The molecule has 6 heteroatoms. The van der Waals surface area contributed by atoms with Crippen molar-refractivity contribution in [3.63, 3.8) is 0 Å². The molecule has 1 heterocycles. The quantitative estimate of drug-likeness (QED) is 0.817. The molecular formula is C17H22ClN3O2. The van der Waals surface area contributed by atoms with Gasteiger partial charge >= 0.3 is 0 Å². The van der Waals surface area contributed by atoms with E-state index >= 15 is 0 Å². The van der Waals surface area contributed by atoms with E-state index in [2.05, 4.69) is 10.4 Å². The van der Waals surface area contributed by atoms with Crippen molar-refractivity contribution in [3.8, 4) is 5.69 Å². The second-order valence-electron chi connectivity index (χ2n) is 5.34. The molecule has 0 saturated heterocycles. The van der Waals surface area contributed by atoms with Crippen molar-refractivity contribution in [2.75, 3.05) is 6.61 Å². The van der Waals surface area contributed by atoms with Crippen molar-refractivity contribution in [1.82, 2.24) is 15.1 Å². The summed E-state index contributed by atoms with van der Waals surface area (Å²) < 4.78 is 1.74. The number of nitrogens with zero attached hydrogens (tertiary/aromatic N) is 2. The number of rotatable bonds is 7. The number of hydrogen-bond acceptors (Lipinski definition) is 3. The van der Waals surface area contributed by atoms with Gasteiger partial charge in [0.05, 0.1) is 23.1 Å². The molecule has 2 N–H and O–H groups in total. The van der Waals surface area contributed by atoms with Crippen LogP contribution in [0.5, 0.6) is 0 Å². The third kappa shape index (κ3) is 4.12. The number of aliphatic hydroxyl groups is 1. The van der Waals surface area contributed by atoms with Gasteiger partial charge in [-0.25, -0.2) is 4.68 Å². The number of benzene rings is 1. The van der Waals surface area contributed by atoms with Gasteiger partial charge in [-0.15, -0.1) is 0 Å². The van der Waals surface area contributed by atoms with Gasteiger partial charge in [0, 0.05) is 17.7 Å². The van der Waals surface area contributed by atoms with Crippen LogP contribution in [0.4, 0.5) is 0 Å². The molecule has 1 aromatic heterocycles. The Kier molecular flexibility index (Phi) is 6.19. The Morgan fingerprint density at radius 3 is 2.83 bits per heavy atom. The van der Waals surface area contributed by atoms with Gasteiger partial charge in [-0.2, -0.15) is 5.10 Å². The van der Waals surface area contributed by atoms with Gasteiger partial charge in [-0.1, -0.05) is 31.5 Å². The second kappa shape index (κ2) is 8.13. The smallest absolute Gasteiger partial charge is 0.254 e. The molecule has 1 atom stereocenters. The first-order valence-corrected chi connectivity index (χ1v) is 8.23. The number of aliphatic hydroxyl groups excluding tert-OH is 1. The summed E-state index contributed by atoms with van der Waals surface area (Å²) in [7, 11) is 0. The van der Waals surface area contributed by atoms with Gasteiger partial charge in [0.1, 0.15) is 0 Å². The minimum Gasteiger partial charge on any atom is -0.396 e. The van der Waals surface area contributed by atoms with Gasteiger partial charge in [0.15, 0.2) is 0 Å². The molecule has 0 aliphatic rings. The Morgan fingerprint density at radius 2 is 2.22 bits per heavy atom. The van der Waals surface area contributed by atoms with Crippen LogP contribution in [-0.4, -0.2) is 33.4 Å². The van der Waals surface area contributed by atoms with Gasteiger partial charge < -0.3 is 10.4 Å². The number of aromatic nitrogens is 2. The largest absolute Gasteiger partial charge is 0.396 e. The molecule has 1 aromatic carbocycles. The molecule has 0 bridgehead atoms. The van der Waals surface area contributed by atoms with Crippen molar-refractivity contribution < 1.29 is 9.90 Å². The third-order valence-electron chi connectivity index (χ3n) is 3.81. The van der Waals surface area contributed by atoms with Gasteiger partial charge in [-0.3, -0.25) is 4.79 Å². The molecule has 0 saturated carbocycles. The lowest BCUT2D eigenvalue weighted by atomic mass is 10.1. The van der Waals surface area contributed by atoms with Crippen LogP contribution < -0.4 is 5.32 Å². The first kappa shape index (κ1) is 17.5. The summed E-state index contributed by atoms with van der Waals surface area (Å²) in [6.07, 6.45) is 3.58. The number of nitrogens with one attached hydrogen (secondary N) is 1. The first-order valence-electron chi connectivity index (χ1n) is 7.85. The van der Waals surface area contributed by atoms with Crippen molar-refractivity contribution in [2.24, 2.45) is 0 Å². The van der Waals surface area contributed by atoms with Crippen LogP contribution >= 0.6 is 11.6 Å². The molecule has 2 rings (SSSR count). The summed E-state index contributed by atoms with van der Waals surface area (Å²) in [5, 5.41) is 17.0. The Labute approximate surface area is 141 Å². The summed E-state index contributed by atoms with van der Waals surface area (Å²) >= 11 is 6.04. The topological polar surface area (TPSA) is 67.2 Å². The number of halogens is 1. The molecule has 23 heavy (non-hydrogen) atoms. The normalized spacial score (nSPS) is 12.2. The molecule has 5 nitrogen and oxygen atoms in total. The van der Waals surface area contributed by atoms with Crippen LogP contribution in [0.3, 0.4) is 0 Å². The van der Waals surface area contributed by atoms with Crippen molar-refractivity contribution in [1.29, 1.82) is 0 Å². The maximum absolute atomic E-state index is 12.5. The SMILES string of the molecule is CCc1c(C(=O)NC(CC)CCO)cnn1-c1cccc(Cl)c1. The highest BCUT2D eigenvalue weighted by atomic mass is 35.5. The second-order valence-corrected chi connectivity index (χ2v) is 5.78. The van der Waals surface area contributed by atoms with Crippen LogP contribution in [-0.2, 0) is 6.42 Å². The Hall–Kier alpha value is -1.85. The standard InChI is InChI=1S/C17H22ClN3O2/c1-3-13(8-9-22)20-17(23)15-11-19-21(16(15)4-2)14-7-5-6-12(18)10-14/h5-7,10-11,13,22H,3-4,8-9H2,1-2H3,(H,20,23). The number of carbonyl (C=O) groups is 1. The molecule has 0 radical (unpaired) electrons. The Bertz CT molecular complexity index is 670. The Morgan fingerprint density at radius 1 is 1.43 bits per heavy atom. The van der Waals surface area contributed by atoms with Gasteiger partial charge in [0.25, 0.3) is 5.91 Å². The predicted molar refractivity (Wildman–Crippen MR) is 91.2 cm³/mol. The minimum absolute atomic E-state index is 0.0354. The lowest BCUT2D eigenvalue weighted by Crippen LogP contribution is -2.35. The summed E-state index contributed by atoms with van der Waals surface area (Å²) in [5.41, 5.74) is 2.23. The lowest BCUT2D eigenvalue weighted by molar-refractivity contribution is 0.0928. The molecule has 0 aliphatic heterocycles. The fourth-order valence-corrected chi connectivity index (χ4v) is 2.72. The van der Waals surface area contributed by atoms with E-state index in [1.807, 2.05) is 32.0 Å². The zero-order valence-corrected chi connectivity index (χ0v) is 14.2. The average Bonchev–Trinajstić information content (AvgIpc) is 2.98. The summed E-state index contributed by atoms with van der Waals surface area (Å²) in [5.74, 6) is -0.157. The zero-order valence-electron chi connectivity index (χ0n) is 13.4. The van der Waals surface area contributed by atoms with E-state index in [0.29, 0.717) is 23.4 Å². The van der Waals surface area contributed by atoms with Crippen molar-refractivity contribution >= 4 is 17.5 Å². The number of carbonyl (C=O) groups excluding carboxylic acids is 1. The highest BCUT2D eigenvalue weighted by molar-refractivity contribution is 6.30. The third-order valence-corrected chi connectivity index (χ3v) is 4.04. The van der Waals surface area contributed by atoms with Gasteiger partial charge in [-0.05, 0) is 37.5 Å². The van der Waals surface area contributed by atoms with E-state index in [1.54, 1.807) is 16.9 Å². The lowest BCUT2D eigenvalue weighted by Gasteiger charge is -2.16. The maximum Gasteiger partial charge on any atom is 0.254 e. The van der Waals surface area contributed by atoms with E-state index in [4.69, 9.17) is 16.7 Å². The first-order chi connectivity index (χ1) is 11.1. The van der Waals surface area contributed by atoms with E-state index in [1.165, 1.54) is 0 Å². The van der Waals surface area contributed by atoms with Crippen molar-refractivity contribution in [2.45, 2.75) is 39.2 Å². The summed E-state index contributed by atoms with van der Waals surface area (Å²) in [6.45, 7) is 4.03. The molecule has 0 fully saturated rings. The fourth-order valence-electron chi connectivity index (χ4n) is 2.53. The van der Waals surface area contributed by atoms with E-state index in [0.717, 1.165) is 17.8 Å². The number of amides is 1. The number of hydrogen-bond donors (Lipinski definition) is 2. The zero-order chi connectivity index (χ0) is 16.8. The average molecular weight is 336 g/mol. The molecule has 1 unspecified atom stereocenters. The van der Waals surface area contributed by atoms with Crippen LogP contribution in [0.1, 0.15) is 42.7 Å². The highest BCUT2D eigenvalue weighted by Gasteiger charge is 2.19. The highest BCUT2D eigenvalue weighted by Crippen LogP contribution is 2.19. The predicted octanol–water partition coefficient (Wildman–Crippen LogP) is 2.98. The molecule has 0 spiro atoms. The van der Waals surface area contributed by atoms with E-state index in [9.17, 15) is 4.79 Å². The molecule has 0 aliphatic carbocycles. The summed E-state index contributed by atoms with van der Waals surface area (Å²) in [6, 6.07) is 7.34. The van der Waals surface area contributed by atoms with Crippen LogP contribution in [0, 0.1) is 0 Å². The van der Waals surface area contributed by atoms with E-state index in [-0.39, 0.29) is 18.6 Å². The Balaban J connectivity index is 2.29. The fraction of sp³-hybridized carbons (Fsp3) is 0.412. The molecule has 124 valence electrons. The molecule has 2 aromatic rings. The van der Waals surface area contributed by atoms with Crippen LogP contribution in [0.2, 0.25) is 5.02 Å². The van der Waals surface area contributed by atoms with Crippen LogP contribution in [0.15, 0.2) is 30.5 Å². The van der Waals surface area contributed by atoms with Crippen molar-refractivity contribution in [3.05, 3.63) is 46.7 Å². The monoisotopic (exact) mass is 335 g/mol. The van der Waals surface area contributed by atoms with Crippen LogP contribution in [0.25, 0.3) is 5.69 Å². The van der Waals surface area contributed by atoms with E-state index < -0.39 is 0 Å². The summed E-state index contributed by atoms with van der Waals surface area (Å²) in [4.78, 5) is 12.5. The maximum atomic E-state index is 12.5. The molecule has 1 amide bonds. The molecular weight excluding hydrogens is 314 g/mol. The minimum atomic E-state index is -0.157. The van der Waals surface area contributed by atoms with Gasteiger partial charge in [0.2, 0.25) is 0 Å².